The molecule has 2 heterocycles. The van der Waals surface area contributed by atoms with Gasteiger partial charge >= 0.3 is 6.09 Å². The van der Waals surface area contributed by atoms with E-state index >= 15 is 0 Å². The van der Waals surface area contributed by atoms with Crippen LogP contribution in [0.1, 0.15) is 21.6 Å². The van der Waals surface area contributed by atoms with Crippen LogP contribution in [0.25, 0.3) is 0 Å². The largest absolute Gasteiger partial charge is 0.453 e. The van der Waals surface area contributed by atoms with E-state index in [1.807, 2.05) is 12.1 Å². The Morgan fingerprint density at radius 3 is 2.65 bits per heavy atom. The summed E-state index contributed by atoms with van der Waals surface area (Å²) in [4.78, 5) is 31.2. The normalized spacial score (nSPS) is 9.96. The first-order valence-corrected chi connectivity index (χ1v) is 7.13. The summed E-state index contributed by atoms with van der Waals surface area (Å²) in [6.07, 6.45) is 5.17. The van der Waals surface area contributed by atoms with Crippen molar-refractivity contribution in [1.29, 1.82) is 0 Å². The van der Waals surface area contributed by atoms with Crippen molar-refractivity contribution in [2.45, 2.75) is 13.0 Å². The standard InChI is InChI=1S/C16H18N4O3/c1-23-16(22)20-11-14-10-13(5-9-18-14)15(21)19-8-4-12-2-6-17-7-3-12/h2-3,5-7,9-10H,4,8,11H2,1H3,(H,19,21)(H,20,22). The number of alkyl carbamates (subject to hydrolysis) is 1. The Labute approximate surface area is 134 Å². The number of nitrogens with one attached hydrogen (secondary N) is 2. The van der Waals surface area contributed by atoms with Crippen LogP contribution >= 0.6 is 0 Å². The lowest BCUT2D eigenvalue weighted by Gasteiger charge is -2.07. The molecule has 2 rings (SSSR count). The van der Waals surface area contributed by atoms with E-state index in [-0.39, 0.29) is 12.5 Å². The van der Waals surface area contributed by atoms with Gasteiger partial charge in [0.2, 0.25) is 0 Å². The number of aromatic nitrogens is 2. The number of amides is 2. The lowest BCUT2D eigenvalue weighted by molar-refractivity contribution is 0.0954. The van der Waals surface area contributed by atoms with Gasteiger partial charge in [-0.2, -0.15) is 0 Å². The van der Waals surface area contributed by atoms with Gasteiger partial charge in [0, 0.05) is 30.7 Å². The zero-order valence-electron chi connectivity index (χ0n) is 12.8. The van der Waals surface area contributed by atoms with Gasteiger partial charge in [0.15, 0.2) is 0 Å². The van der Waals surface area contributed by atoms with E-state index in [0.717, 1.165) is 12.0 Å². The van der Waals surface area contributed by atoms with Crippen LogP contribution in [0.3, 0.4) is 0 Å². The first-order chi connectivity index (χ1) is 11.2. The summed E-state index contributed by atoms with van der Waals surface area (Å²) in [5, 5.41) is 5.37. The Balaban J connectivity index is 1.85. The molecule has 7 heteroatoms. The van der Waals surface area contributed by atoms with Crippen LogP contribution in [0.4, 0.5) is 4.79 Å². The van der Waals surface area contributed by atoms with Crippen molar-refractivity contribution in [3.63, 3.8) is 0 Å². The van der Waals surface area contributed by atoms with E-state index < -0.39 is 6.09 Å². The highest BCUT2D eigenvalue weighted by Gasteiger charge is 2.07. The van der Waals surface area contributed by atoms with Crippen LogP contribution in [-0.2, 0) is 17.7 Å². The molecule has 2 aromatic heterocycles. The van der Waals surface area contributed by atoms with Crippen molar-refractivity contribution < 1.29 is 14.3 Å². The molecule has 0 spiro atoms. The number of carbonyl (C=O) groups is 2. The molecule has 7 nitrogen and oxygen atoms in total. The third-order valence-electron chi connectivity index (χ3n) is 3.13. The van der Waals surface area contributed by atoms with Gasteiger partial charge in [-0.25, -0.2) is 4.79 Å². The average Bonchev–Trinajstić information content (AvgIpc) is 2.60. The minimum absolute atomic E-state index is 0.180. The Morgan fingerprint density at radius 1 is 1.13 bits per heavy atom. The molecular formula is C16H18N4O3. The third-order valence-corrected chi connectivity index (χ3v) is 3.13. The van der Waals surface area contributed by atoms with Crippen molar-refractivity contribution in [3.05, 3.63) is 59.7 Å². The molecule has 0 saturated heterocycles. The van der Waals surface area contributed by atoms with E-state index in [2.05, 4.69) is 25.3 Å². The van der Waals surface area contributed by atoms with Gasteiger partial charge in [0.05, 0.1) is 19.3 Å². The molecule has 0 radical (unpaired) electrons. The summed E-state index contributed by atoms with van der Waals surface area (Å²) < 4.78 is 4.48. The van der Waals surface area contributed by atoms with E-state index in [1.165, 1.54) is 13.3 Å². The number of ether oxygens (including phenoxy) is 1. The minimum atomic E-state index is -0.543. The topological polar surface area (TPSA) is 93.2 Å². The molecule has 2 amide bonds. The molecule has 120 valence electrons. The molecule has 0 aliphatic heterocycles. The third kappa shape index (κ3) is 5.39. The molecular weight excluding hydrogens is 296 g/mol. The van der Waals surface area contributed by atoms with Crippen LogP contribution in [0.5, 0.6) is 0 Å². The Bertz CT molecular complexity index is 661. The highest BCUT2D eigenvalue weighted by atomic mass is 16.5. The van der Waals surface area contributed by atoms with Crippen LogP contribution in [0.15, 0.2) is 42.9 Å². The number of nitrogens with zero attached hydrogens (tertiary/aromatic N) is 2. The number of hydrogen-bond donors (Lipinski definition) is 2. The average molecular weight is 314 g/mol. The molecule has 0 aromatic carbocycles. The molecule has 0 fully saturated rings. The lowest BCUT2D eigenvalue weighted by Crippen LogP contribution is -2.26. The fraction of sp³-hybridized carbons (Fsp3) is 0.250. The second-order valence-corrected chi connectivity index (χ2v) is 4.74. The summed E-state index contributed by atoms with van der Waals surface area (Å²) in [6.45, 7) is 0.728. The predicted octanol–water partition coefficient (Wildman–Crippen LogP) is 1.31. The smallest absolute Gasteiger partial charge is 0.407 e. The maximum absolute atomic E-state index is 12.1. The Kier molecular flexibility index (Phi) is 6.05. The first-order valence-electron chi connectivity index (χ1n) is 7.13. The van der Waals surface area contributed by atoms with Gasteiger partial charge in [0.25, 0.3) is 5.91 Å². The maximum atomic E-state index is 12.1. The fourth-order valence-electron chi connectivity index (χ4n) is 1.92. The van der Waals surface area contributed by atoms with E-state index in [0.29, 0.717) is 17.8 Å². The molecule has 23 heavy (non-hydrogen) atoms. The first kappa shape index (κ1) is 16.4. The lowest BCUT2D eigenvalue weighted by atomic mass is 10.2. The second-order valence-electron chi connectivity index (χ2n) is 4.74. The number of hydrogen-bond acceptors (Lipinski definition) is 5. The summed E-state index contributed by atoms with van der Waals surface area (Å²) in [7, 11) is 1.29. The van der Waals surface area contributed by atoms with E-state index in [4.69, 9.17) is 0 Å². The number of methoxy groups -OCH3 is 1. The summed E-state index contributed by atoms with van der Waals surface area (Å²) in [5.74, 6) is -0.180. The van der Waals surface area contributed by atoms with Crippen LogP contribution in [0.2, 0.25) is 0 Å². The summed E-state index contributed by atoms with van der Waals surface area (Å²) >= 11 is 0. The highest BCUT2D eigenvalue weighted by molar-refractivity contribution is 5.94. The Hall–Kier alpha value is -2.96. The van der Waals surface area contributed by atoms with Crippen LogP contribution in [0, 0.1) is 0 Å². The van der Waals surface area contributed by atoms with Crippen LogP contribution in [-0.4, -0.2) is 35.6 Å². The Morgan fingerprint density at radius 2 is 1.91 bits per heavy atom. The van der Waals surface area contributed by atoms with Gasteiger partial charge < -0.3 is 15.4 Å². The van der Waals surface area contributed by atoms with Gasteiger partial charge in [-0.3, -0.25) is 14.8 Å². The summed E-state index contributed by atoms with van der Waals surface area (Å²) in [5.41, 5.74) is 2.19. The van der Waals surface area contributed by atoms with E-state index in [1.54, 1.807) is 24.5 Å². The quantitative estimate of drug-likeness (QED) is 0.838. The van der Waals surface area contributed by atoms with Crippen molar-refractivity contribution in [2.75, 3.05) is 13.7 Å². The molecule has 0 atom stereocenters. The molecule has 0 aliphatic rings. The molecule has 2 N–H and O–H groups in total. The number of rotatable bonds is 6. The number of carbonyl (C=O) groups excluding carboxylic acids is 2. The fourth-order valence-corrected chi connectivity index (χ4v) is 1.92. The summed E-state index contributed by atoms with van der Waals surface area (Å²) in [6, 6.07) is 7.09. The minimum Gasteiger partial charge on any atom is -0.453 e. The zero-order chi connectivity index (χ0) is 16.5. The molecule has 0 saturated carbocycles. The van der Waals surface area contributed by atoms with Gasteiger partial charge in [-0.1, -0.05) is 0 Å². The molecule has 0 bridgehead atoms. The van der Waals surface area contributed by atoms with Crippen molar-refractivity contribution in [2.24, 2.45) is 0 Å². The van der Waals surface area contributed by atoms with Crippen molar-refractivity contribution in [1.82, 2.24) is 20.6 Å². The zero-order valence-corrected chi connectivity index (χ0v) is 12.8. The van der Waals surface area contributed by atoms with Crippen LogP contribution < -0.4 is 10.6 Å². The van der Waals surface area contributed by atoms with Crippen molar-refractivity contribution >= 4 is 12.0 Å². The molecule has 2 aromatic rings. The predicted molar refractivity (Wildman–Crippen MR) is 83.8 cm³/mol. The van der Waals surface area contributed by atoms with E-state index in [9.17, 15) is 9.59 Å². The number of pyridine rings is 2. The highest BCUT2D eigenvalue weighted by Crippen LogP contribution is 2.03. The monoisotopic (exact) mass is 314 g/mol. The SMILES string of the molecule is COC(=O)NCc1cc(C(=O)NCCc2ccncc2)ccn1. The molecule has 0 unspecified atom stereocenters. The maximum Gasteiger partial charge on any atom is 0.407 e. The van der Waals surface area contributed by atoms with Gasteiger partial charge in [0.1, 0.15) is 0 Å². The molecule has 0 aliphatic carbocycles. The van der Waals surface area contributed by atoms with Gasteiger partial charge in [-0.05, 0) is 36.2 Å². The van der Waals surface area contributed by atoms with Gasteiger partial charge in [-0.15, -0.1) is 0 Å². The van der Waals surface area contributed by atoms with Crippen molar-refractivity contribution in [3.8, 4) is 0 Å². The second kappa shape index (κ2) is 8.47.